The van der Waals surface area contributed by atoms with Crippen LogP contribution >= 0.6 is 0 Å². The predicted octanol–water partition coefficient (Wildman–Crippen LogP) is 5.41. The van der Waals surface area contributed by atoms with Crippen molar-refractivity contribution in [3.63, 3.8) is 0 Å². The second-order valence-electron chi connectivity index (χ2n) is 11.3. The predicted molar refractivity (Wildman–Crippen MR) is 181 cm³/mol. The van der Waals surface area contributed by atoms with E-state index in [-0.39, 0.29) is 18.8 Å². The minimum Gasteiger partial charge on any atom is -0.481 e. The van der Waals surface area contributed by atoms with Crippen molar-refractivity contribution in [3.8, 4) is 17.6 Å². The summed E-state index contributed by atoms with van der Waals surface area (Å²) in [5.41, 5.74) is 0.760. The van der Waals surface area contributed by atoms with E-state index in [0.717, 1.165) is 50.5 Å². The van der Waals surface area contributed by atoms with Crippen molar-refractivity contribution in [3.05, 3.63) is 42.0 Å². The van der Waals surface area contributed by atoms with Gasteiger partial charge in [0.15, 0.2) is 0 Å². The van der Waals surface area contributed by atoms with Crippen molar-refractivity contribution >= 4 is 27.9 Å². The molecule has 0 aliphatic carbocycles. The van der Waals surface area contributed by atoms with Gasteiger partial charge in [-0.3, -0.25) is 9.59 Å². The van der Waals surface area contributed by atoms with Crippen LogP contribution in [0.25, 0.3) is 0 Å². The summed E-state index contributed by atoms with van der Waals surface area (Å²) in [6.07, 6.45) is 12.0. The molecule has 1 aromatic rings. The van der Waals surface area contributed by atoms with E-state index < -0.39 is 45.7 Å². The van der Waals surface area contributed by atoms with E-state index in [0.29, 0.717) is 38.0 Å². The molecular weight excluding hydrogens is 608 g/mol. The summed E-state index contributed by atoms with van der Waals surface area (Å²) < 4.78 is 37.5. The first-order valence-corrected chi connectivity index (χ1v) is 18.1. The number of methoxy groups -OCH3 is 1. The Labute approximate surface area is 276 Å². The van der Waals surface area contributed by atoms with E-state index in [1.807, 2.05) is 6.92 Å². The second kappa shape index (κ2) is 23.9. The molecule has 1 rings (SSSR count). The zero-order chi connectivity index (χ0) is 34.2. The van der Waals surface area contributed by atoms with Crippen LogP contribution in [0, 0.1) is 23.7 Å². The summed E-state index contributed by atoms with van der Waals surface area (Å²) >= 11 is 0. The van der Waals surface area contributed by atoms with E-state index >= 15 is 0 Å². The standard InChI is InChI=1S/C35H54N2O8S/c1-5-8-10-16-24-36-46(42,43)26-17-14-12-11-13-15-19-30(31(18-7-3)34(39)40)33(38)37-32(35(41)44-4)27-28-20-22-29(23-21-28)45-25-9-6-2/h15,19-23,30-32,36H,5,7-8,10-14,16-18,24-27H2,1-4H3,(H,37,38)(H,39,40)/b19-15+/t30-,31+,32-/m0/s1. The number of carboxylic acids is 1. The molecule has 0 aromatic heterocycles. The van der Waals surface area contributed by atoms with Crippen LogP contribution in [0.15, 0.2) is 36.4 Å². The summed E-state index contributed by atoms with van der Waals surface area (Å²) in [6, 6.07) is 6.06. The molecule has 3 N–H and O–H groups in total. The van der Waals surface area contributed by atoms with E-state index in [1.165, 1.54) is 7.11 Å². The molecule has 0 saturated heterocycles. The number of hydrogen-bond donors (Lipinski definition) is 3. The van der Waals surface area contributed by atoms with Gasteiger partial charge in [0.2, 0.25) is 15.9 Å². The molecule has 1 aromatic carbocycles. The lowest BCUT2D eigenvalue weighted by Crippen LogP contribution is -2.47. The van der Waals surface area contributed by atoms with Crippen LogP contribution in [-0.4, -0.2) is 63.4 Å². The topological polar surface area (TPSA) is 148 Å². The van der Waals surface area contributed by atoms with Gasteiger partial charge in [-0.1, -0.05) is 82.6 Å². The highest BCUT2D eigenvalue weighted by atomic mass is 32.2. The van der Waals surface area contributed by atoms with Crippen LogP contribution in [-0.2, 0) is 35.6 Å². The third-order valence-corrected chi connectivity index (χ3v) is 9.01. The monoisotopic (exact) mass is 662 g/mol. The Bertz CT molecular complexity index is 1240. The molecule has 0 unspecified atom stereocenters. The van der Waals surface area contributed by atoms with Gasteiger partial charge in [-0.25, -0.2) is 17.9 Å². The molecule has 0 spiro atoms. The van der Waals surface area contributed by atoms with E-state index in [2.05, 4.69) is 28.8 Å². The number of aliphatic carboxylic acids is 1. The number of carbonyl (C=O) groups excluding carboxylic acids is 2. The summed E-state index contributed by atoms with van der Waals surface area (Å²) in [4.78, 5) is 38.3. The number of allylic oxidation sites excluding steroid dienone is 1. The number of esters is 1. The molecule has 258 valence electrons. The summed E-state index contributed by atoms with van der Waals surface area (Å²) in [5.74, 6) is 2.09. The average Bonchev–Trinajstić information content (AvgIpc) is 3.03. The Morgan fingerprint density at radius 1 is 0.978 bits per heavy atom. The first kappa shape index (κ1) is 40.7. The highest BCUT2D eigenvalue weighted by Crippen LogP contribution is 2.22. The van der Waals surface area contributed by atoms with Gasteiger partial charge in [0.25, 0.3) is 0 Å². The molecular formula is C35H54N2O8S. The molecule has 0 bridgehead atoms. The van der Waals surface area contributed by atoms with Gasteiger partial charge in [-0.05, 0) is 56.7 Å². The summed E-state index contributed by atoms with van der Waals surface area (Å²) in [5, 5.41) is 12.7. The highest BCUT2D eigenvalue weighted by Gasteiger charge is 2.33. The number of carboxylic acid groups (broad SMARTS) is 1. The SMILES string of the molecule is CC#CCOc1ccc(C[C@H](NC(=O)[C@@H](/C=C/CCCCCCS(=O)(=O)NCCCCCC)[C@@H](CCC)C(=O)O)C(=O)OC)cc1. The lowest BCUT2D eigenvalue weighted by atomic mass is 9.86. The maximum absolute atomic E-state index is 13.5. The molecule has 0 aliphatic heterocycles. The minimum atomic E-state index is -3.26. The fraction of sp³-hybridized carbons (Fsp3) is 0.629. The van der Waals surface area contributed by atoms with Crippen molar-refractivity contribution < 1.29 is 37.4 Å². The second-order valence-corrected chi connectivity index (χ2v) is 13.2. The number of amides is 1. The van der Waals surface area contributed by atoms with Crippen molar-refractivity contribution in [1.29, 1.82) is 0 Å². The first-order chi connectivity index (χ1) is 22.1. The third kappa shape index (κ3) is 17.4. The lowest BCUT2D eigenvalue weighted by molar-refractivity contribution is -0.148. The number of unbranched alkanes of at least 4 members (excludes halogenated alkanes) is 7. The number of carbonyl (C=O) groups is 3. The Kier molecular flexibility index (Phi) is 21.1. The van der Waals surface area contributed by atoms with Crippen molar-refractivity contribution in [1.82, 2.24) is 10.0 Å². The first-order valence-electron chi connectivity index (χ1n) is 16.4. The van der Waals surface area contributed by atoms with E-state index in [1.54, 1.807) is 43.3 Å². The zero-order valence-electron chi connectivity index (χ0n) is 28.0. The number of sulfonamides is 1. The molecule has 0 saturated carbocycles. The summed E-state index contributed by atoms with van der Waals surface area (Å²) in [6.45, 7) is 6.44. The van der Waals surface area contributed by atoms with Gasteiger partial charge in [-0.2, -0.15) is 0 Å². The fourth-order valence-electron chi connectivity index (χ4n) is 4.93. The maximum Gasteiger partial charge on any atom is 0.328 e. The molecule has 0 fully saturated rings. The minimum absolute atomic E-state index is 0.101. The van der Waals surface area contributed by atoms with Gasteiger partial charge in [0.1, 0.15) is 18.4 Å². The molecule has 11 heteroatoms. The van der Waals surface area contributed by atoms with Crippen LogP contribution in [0.3, 0.4) is 0 Å². The molecule has 46 heavy (non-hydrogen) atoms. The smallest absolute Gasteiger partial charge is 0.328 e. The van der Waals surface area contributed by atoms with Crippen LogP contribution in [0.4, 0.5) is 0 Å². The Morgan fingerprint density at radius 2 is 1.67 bits per heavy atom. The molecule has 0 aliphatic rings. The van der Waals surface area contributed by atoms with Crippen LogP contribution in [0.5, 0.6) is 5.75 Å². The Morgan fingerprint density at radius 3 is 2.30 bits per heavy atom. The number of ether oxygens (including phenoxy) is 2. The van der Waals surface area contributed by atoms with Crippen LogP contribution < -0.4 is 14.8 Å². The largest absolute Gasteiger partial charge is 0.481 e. The van der Waals surface area contributed by atoms with Crippen LogP contribution in [0.2, 0.25) is 0 Å². The lowest BCUT2D eigenvalue weighted by Gasteiger charge is -2.23. The van der Waals surface area contributed by atoms with Gasteiger partial charge in [-0.15, -0.1) is 5.92 Å². The number of rotatable bonds is 25. The molecule has 0 heterocycles. The molecule has 0 radical (unpaired) electrons. The molecule has 10 nitrogen and oxygen atoms in total. The molecule has 1 amide bonds. The molecule has 3 atom stereocenters. The Hall–Kier alpha value is -3.36. The number of nitrogens with one attached hydrogen (secondary N) is 2. The van der Waals surface area contributed by atoms with Crippen molar-refractivity contribution in [2.24, 2.45) is 11.8 Å². The van der Waals surface area contributed by atoms with Gasteiger partial charge in [0.05, 0.1) is 24.7 Å². The zero-order valence-corrected chi connectivity index (χ0v) is 28.8. The number of benzene rings is 1. The average molecular weight is 663 g/mol. The fourth-order valence-corrected chi connectivity index (χ4v) is 6.11. The third-order valence-electron chi connectivity index (χ3n) is 7.54. The van der Waals surface area contributed by atoms with E-state index in [4.69, 9.17) is 9.47 Å². The Balaban J connectivity index is 2.77. The summed E-state index contributed by atoms with van der Waals surface area (Å²) in [7, 11) is -2.02. The normalized spacial score (nSPS) is 13.3. The van der Waals surface area contributed by atoms with Gasteiger partial charge < -0.3 is 19.9 Å². The van der Waals surface area contributed by atoms with Gasteiger partial charge in [0, 0.05) is 13.0 Å². The highest BCUT2D eigenvalue weighted by molar-refractivity contribution is 7.89. The van der Waals surface area contributed by atoms with Crippen molar-refractivity contribution in [2.45, 2.75) is 104 Å². The van der Waals surface area contributed by atoms with Gasteiger partial charge >= 0.3 is 11.9 Å². The maximum atomic E-state index is 13.5. The number of hydrogen-bond acceptors (Lipinski definition) is 7. The van der Waals surface area contributed by atoms with E-state index in [9.17, 15) is 27.9 Å². The van der Waals surface area contributed by atoms with Crippen LogP contribution in [0.1, 0.15) is 97.0 Å². The quantitative estimate of drug-likeness (QED) is 0.0545. The van der Waals surface area contributed by atoms with Crippen molar-refractivity contribution in [2.75, 3.05) is 26.0 Å².